The van der Waals surface area contributed by atoms with Gasteiger partial charge in [0.15, 0.2) is 0 Å². The van der Waals surface area contributed by atoms with E-state index in [4.69, 9.17) is 0 Å². The van der Waals surface area contributed by atoms with Gasteiger partial charge in [-0.1, -0.05) is 24.3 Å². The fraction of sp³-hybridized carbons (Fsp3) is 0.632. The van der Waals surface area contributed by atoms with Gasteiger partial charge in [-0.2, -0.15) is 0 Å². The summed E-state index contributed by atoms with van der Waals surface area (Å²) in [4.78, 5) is 17.6. The Morgan fingerprint density at radius 3 is 2.50 bits per heavy atom. The molecule has 0 aromatic heterocycles. The molecule has 4 rings (SSSR count). The molecule has 2 saturated heterocycles. The summed E-state index contributed by atoms with van der Waals surface area (Å²) in [6, 6.07) is 9.66. The maximum atomic E-state index is 12.9. The first-order valence-electron chi connectivity index (χ1n) is 8.77. The molecule has 3 nitrogen and oxygen atoms in total. The van der Waals surface area contributed by atoms with Crippen LogP contribution in [0.5, 0.6) is 0 Å². The Morgan fingerprint density at radius 1 is 1.09 bits per heavy atom. The summed E-state index contributed by atoms with van der Waals surface area (Å²) in [5.74, 6) is 0.936. The highest BCUT2D eigenvalue weighted by molar-refractivity contribution is 5.78. The van der Waals surface area contributed by atoms with Crippen molar-refractivity contribution in [2.75, 3.05) is 20.1 Å². The molecule has 1 amide bonds. The number of amides is 1. The lowest BCUT2D eigenvalue weighted by Crippen LogP contribution is -2.43. The zero-order chi connectivity index (χ0) is 15.1. The quantitative estimate of drug-likeness (QED) is 0.837. The van der Waals surface area contributed by atoms with E-state index in [9.17, 15) is 4.79 Å². The molecule has 22 heavy (non-hydrogen) atoms. The van der Waals surface area contributed by atoms with Crippen LogP contribution in [0.25, 0.3) is 0 Å². The van der Waals surface area contributed by atoms with Gasteiger partial charge in [-0.25, -0.2) is 0 Å². The molecule has 3 aliphatic rings. The lowest BCUT2D eigenvalue weighted by molar-refractivity contribution is -0.134. The van der Waals surface area contributed by atoms with Crippen LogP contribution >= 0.6 is 0 Å². The van der Waals surface area contributed by atoms with Crippen molar-refractivity contribution in [2.24, 2.45) is 5.92 Å². The highest BCUT2D eigenvalue weighted by Crippen LogP contribution is 2.33. The van der Waals surface area contributed by atoms with Crippen LogP contribution in [0.1, 0.15) is 36.8 Å². The number of fused-ring (bicyclic) bond motifs is 3. The maximum absolute atomic E-state index is 12.9. The number of benzene rings is 1. The standard InChI is InChI=1S/C19H26N2O/c1-20-9-8-17-6-7-18(13-20)21(17)19(22)12-14-10-15-4-2-3-5-16(15)11-14/h2-5,14,17-18H,6-13H2,1H3/t17-,18+/m1/s1. The van der Waals surface area contributed by atoms with Crippen molar-refractivity contribution < 1.29 is 4.79 Å². The van der Waals surface area contributed by atoms with E-state index in [-0.39, 0.29) is 0 Å². The third-order valence-electron chi connectivity index (χ3n) is 5.87. The second-order valence-electron chi connectivity index (χ2n) is 7.48. The van der Waals surface area contributed by atoms with Crippen LogP contribution < -0.4 is 0 Å². The first-order chi connectivity index (χ1) is 10.7. The number of nitrogens with zero attached hydrogens (tertiary/aromatic N) is 2. The van der Waals surface area contributed by atoms with Gasteiger partial charge in [0.1, 0.15) is 0 Å². The molecule has 0 N–H and O–H groups in total. The Morgan fingerprint density at radius 2 is 1.77 bits per heavy atom. The molecule has 0 radical (unpaired) electrons. The monoisotopic (exact) mass is 298 g/mol. The fourth-order valence-electron chi connectivity index (χ4n) is 4.80. The molecule has 2 heterocycles. The van der Waals surface area contributed by atoms with Crippen molar-refractivity contribution >= 4 is 5.91 Å². The van der Waals surface area contributed by atoms with Crippen molar-refractivity contribution in [3.05, 3.63) is 35.4 Å². The van der Waals surface area contributed by atoms with E-state index in [0.29, 0.717) is 23.9 Å². The Hall–Kier alpha value is -1.35. The largest absolute Gasteiger partial charge is 0.335 e. The molecule has 2 bridgehead atoms. The summed E-state index contributed by atoms with van der Waals surface area (Å²) in [5.41, 5.74) is 2.91. The van der Waals surface area contributed by atoms with Gasteiger partial charge in [-0.05, 0) is 62.7 Å². The summed E-state index contributed by atoms with van der Waals surface area (Å²) >= 11 is 0. The van der Waals surface area contributed by atoms with Crippen molar-refractivity contribution in [1.29, 1.82) is 0 Å². The smallest absolute Gasteiger partial charge is 0.223 e. The zero-order valence-corrected chi connectivity index (χ0v) is 13.5. The summed E-state index contributed by atoms with van der Waals surface area (Å²) < 4.78 is 0. The molecule has 0 spiro atoms. The van der Waals surface area contributed by atoms with Crippen molar-refractivity contribution in [3.8, 4) is 0 Å². The molecule has 1 aromatic rings. The lowest BCUT2D eigenvalue weighted by Gasteiger charge is -2.29. The van der Waals surface area contributed by atoms with Gasteiger partial charge in [0.25, 0.3) is 0 Å². The third-order valence-corrected chi connectivity index (χ3v) is 5.87. The first-order valence-corrected chi connectivity index (χ1v) is 8.77. The average molecular weight is 298 g/mol. The number of likely N-dealkylation sites (N-methyl/N-ethyl adjacent to an activating group) is 1. The van der Waals surface area contributed by atoms with Gasteiger partial charge in [-0.15, -0.1) is 0 Å². The van der Waals surface area contributed by atoms with Gasteiger partial charge >= 0.3 is 0 Å². The predicted octanol–water partition coefficient (Wildman–Crippen LogP) is 2.49. The van der Waals surface area contributed by atoms with Gasteiger partial charge in [0, 0.05) is 25.0 Å². The fourth-order valence-corrected chi connectivity index (χ4v) is 4.80. The Kier molecular flexibility index (Phi) is 3.69. The first kappa shape index (κ1) is 14.3. The van der Waals surface area contributed by atoms with Gasteiger partial charge in [0.2, 0.25) is 5.91 Å². The Labute approximate surface area is 133 Å². The lowest BCUT2D eigenvalue weighted by atomic mass is 10.0. The molecule has 2 atom stereocenters. The van der Waals surface area contributed by atoms with Crippen LogP contribution in [-0.2, 0) is 17.6 Å². The van der Waals surface area contributed by atoms with Gasteiger partial charge in [0.05, 0.1) is 0 Å². The summed E-state index contributed by atoms with van der Waals surface area (Å²) in [6.07, 6.45) is 6.49. The summed E-state index contributed by atoms with van der Waals surface area (Å²) in [6.45, 7) is 2.20. The molecule has 1 aromatic carbocycles. The highest BCUT2D eigenvalue weighted by atomic mass is 16.2. The van der Waals surface area contributed by atoms with Crippen LogP contribution in [0.2, 0.25) is 0 Å². The minimum Gasteiger partial charge on any atom is -0.335 e. The van der Waals surface area contributed by atoms with Crippen molar-refractivity contribution in [1.82, 2.24) is 9.80 Å². The second-order valence-corrected chi connectivity index (χ2v) is 7.48. The predicted molar refractivity (Wildman–Crippen MR) is 87.7 cm³/mol. The van der Waals surface area contributed by atoms with E-state index in [1.165, 1.54) is 24.0 Å². The molecular formula is C19H26N2O. The van der Waals surface area contributed by atoms with Crippen LogP contribution in [0.4, 0.5) is 0 Å². The number of hydrogen-bond donors (Lipinski definition) is 0. The van der Waals surface area contributed by atoms with E-state index in [2.05, 4.69) is 41.1 Å². The minimum atomic E-state index is 0.417. The summed E-state index contributed by atoms with van der Waals surface area (Å²) in [7, 11) is 2.19. The summed E-state index contributed by atoms with van der Waals surface area (Å²) in [5, 5.41) is 0. The second kappa shape index (κ2) is 5.69. The van der Waals surface area contributed by atoms with Gasteiger partial charge < -0.3 is 9.80 Å². The molecule has 2 fully saturated rings. The number of carbonyl (C=O) groups excluding carboxylic acids is 1. The normalized spacial score (nSPS) is 28.7. The molecule has 2 aliphatic heterocycles. The molecule has 0 unspecified atom stereocenters. The topological polar surface area (TPSA) is 23.6 Å². The third kappa shape index (κ3) is 2.56. The molecule has 0 saturated carbocycles. The highest BCUT2D eigenvalue weighted by Gasteiger charge is 2.40. The number of rotatable bonds is 2. The number of hydrogen-bond acceptors (Lipinski definition) is 2. The van der Waals surface area contributed by atoms with Crippen molar-refractivity contribution in [3.63, 3.8) is 0 Å². The minimum absolute atomic E-state index is 0.417. The van der Waals surface area contributed by atoms with E-state index in [1.54, 1.807) is 0 Å². The van der Waals surface area contributed by atoms with Crippen LogP contribution in [0, 0.1) is 5.92 Å². The van der Waals surface area contributed by atoms with Crippen LogP contribution in [0.3, 0.4) is 0 Å². The van der Waals surface area contributed by atoms with E-state index in [0.717, 1.165) is 38.8 Å². The maximum Gasteiger partial charge on any atom is 0.223 e. The average Bonchev–Trinajstić information content (AvgIpc) is 3.02. The van der Waals surface area contributed by atoms with Crippen molar-refractivity contribution in [2.45, 2.75) is 50.6 Å². The zero-order valence-electron chi connectivity index (χ0n) is 13.5. The SMILES string of the molecule is CN1CC[C@H]2CC[C@@H](C1)N2C(=O)CC1Cc2ccccc2C1. The number of likely N-dealkylation sites (tertiary alicyclic amines) is 1. The van der Waals surface area contributed by atoms with E-state index in [1.807, 2.05) is 0 Å². The van der Waals surface area contributed by atoms with Crippen LogP contribution in [0.15, 0.2) is 24.3 Å². The Balaban J connectivity index is 1.43. The Bertz CT molecular complexity index is 545. The van der Waals surface area contributed by atoms with E-state index < -0.39 is 0 Å². The number of carbonyl (C=O) groups is 1. The molecular weight excluding hydrogens is 272 g/mol. The van der Waals surface area contributed by atoms with Crippen LogP contribution in [-0.4, -0.2) is 47.9 Å². The molecule has 3 heteroatoms. The van der Waals surface area contributed by atoms with E-state index >= 15 is 0 Å². The van der Waals surface area contributed by atoms with Gasteiger partial charge in [-0.3, -0.25) is 4.79 Å². The molecule has 1 aliphatic carbocycles. The molecule has 118 valence electrons.